The number of rotatable bonds is 3. The van der Waals surface area contributed by atoms with Crippen LogP contribution in [-0.4, -0.2) is 43.1 Å². The Labute approximate surface area is 148 Å². The third kappa shape index (κ3) is 3.69. The molecule has 3 amide bonds. The summed E-state index contributed by atoms with van der Waals surface area (Å²) in [7, 11) is 0. The smallest absolute Gasteiger partial charge is 0.319 e. The van der Waals surface area contributed by atoms with Crippen LogP contribution in [0, 0.1) is 5.92 Å². The third-order valence-electron chi connectivity index (χ3n) is 4.82. The molecule has 25 heavy (non-hydrogen) atoms. The normalized spacial score (nSPS) is 24.0. The van der Waals surface area contributed by atoms with Crippen LogP contribution in [0.15, 0.2) is 36.5 Å². The fourth-order valence-electron chi connectivity index (χ4n) is 3.32. The van der Waals surface area contributed by atoms with Gasteiger partial charge in [0.15, 0.2) is 0 Å². The van der Waals surface area contributed by atoms with Gasteiger partial charge in [0.05, 0.1) is 19.3 Å². The molecule has 2 saturated heterocycles. The molecule has 2 aliphatic heterocycles. The van der Waals surface area contributed by atoms with E-state index in [2.05, 4.69) is 31.1 Å². The minimum Gasteiger partial charge on any atom is -0.378 e. The first-order valence-electron chi connectivity index (χ1n) is 8.70. The van der Waals surface area contributed by atoms with E-state index in [1.807, 2.05) is 24.3 Å². The second-order valence-electron chi connectivity index (χ2n) is 6.84. The van der Waals surface area contributed by atoms with Crippen molar-refractivity contribution in [3.63, 3.8) is 0 Å². The Kier molecular flexibility index (Phi) is 5.08. The van der Waals surface area contributed by atoms with Gasteiger partial charge >= 0.3 is 6.03 Å². The molecule has 0 aromatic heterocycles. The van der Waals surface area contributed by atoms with Gasteiger partial charge in [0.1, 0.15) is 5.92 Å². The maximum Gasteiger partial charge on any atom is 0.319 e. The van der Waals surface area contributed by atoms with Gasteiger partial charge in [0.25, 0.3) is 0 Å². The molecule has 2 fully saturated rings. The molecular formula is C19H25N3O3. The van der Waals surface area contributed by atoms with E-state index in [0.29, 0.717) is 37.9 Å². The monoisotopic (exact) mass is 343 g/mol. The number of ether oxygens (including phenoxy) is 1. The molecule has 0 unspecified atom stereocenters. The van der Waals surface area contributed by atoms with Crippen molar-refractivity contribution in [2.75, 3.05) is 26.3 Å². The highest BCUT2D eigenvalue weighted by atomic mass is 16.5. The van der Waals surface area contributed by atoms with E-state index >= 15 is 0 Å². The van der Waals surface area contributed by atoms with Crippen molar-refractivity contribution in [3.8, 4) is 0 Å². The zero-order valence-corrected chi connectivity index (χ0v) is 14.7. The van der Waals surface area contributed by atoms with Crippen LogP contribution in [0.3, 0.4) is 0 Å². The molecule has 2 heterocycles. The molecule has 2 aliphatic rings. The Hall–Kier alpha value is -2.34. The van der Waals surface area contributed by atoms with Crippen molar-refractivity contribution < 1.29 is 14.3 Å². The van der Waals surface area contributed by atoms with Crippen LogP contribution in [0.25, 0.3) is 0 Å². The summed E-state index contributed by atoms with van der Waals surface area (Å²) in [5, 5.41) is 5.55. The lowest BCUT2D eigenvalue weighted by Crippen LogP contribution is -2.55. The molecule has 0 saturated carbocycles. The Morgan fingerprint density at radius 2 is 1.88 bits per heavy atom. The summed E-state index contributed by atoms with van der Waals surface area (Å²) in [5.74, 6) is -0.128. The summed E-state index contributed by atoms with van der Waals surface area (Å²) in [6, 6.07) is 7.32. The van der Waals surface area contributed by atoms with E-state index in [9.17, 15) is 9.59 Å². The van der Waals surface area contributed by atoms with Gasteiger partial charge in [-0.05, 0) is 17.0 Å². The third-order valence-corrected chi connectivity index (χ3v) is 4.82. The van der Waals surface area contributed by atoms with Gasteiger partial charge < -0.3 is 20.3 Å². The fraction of sp³-hybridized carbons (Fsp3) is 0.474. The van der Waals surface area contributed by atoms with Gasteiger partial charge in [-0.15, -0.1) is 0 Å². The van der Waals surface area contributed by atoms with Crippen LogP contribution in [0.2, 0.25) is 0 Å². The standard InChI is InChI=1S/C19H25N3O3/c1-12(2)14-4-6-15(7-5-14)17-16(13(3)20-19(24)21-17)18(23)22-8-10-25-11-9-22/h4-7,12,16-17H,3,8-11H2,1-2H3,(H2,20,21,24)/t16-,17+/m0/s1. The number of nitrogens with one attached hydrogen (secondary N) is 2. The molecule has 6 nitrogen and oxygen atoms in total. The highest BCUT2D eigenvalue weighted by Crippen LogP contribution is 2.32. The Morgan fingerprint density at radius 3 is 2.48 bits per heavy atom. The first-order chi connectivity index (χ1) is 12.0. The summed E-state index contributed by atoms with van der Waals surface area (Å²) >= 11 is 0. The number of urea groups is 1. The summed E-state index contributed by atoms with van der Waals surface area (Å²) in [6.45, 7) is 10.4. The summed E-state index contributed by atoms with van der Waals surface area (Å²) < 4.78 is 5.33. The lowest BCUT2D eigenvalue weighted by molar-refractivity contribution is -0.139. The molecule has 0 bridgehead atoms. The number of carbonyl (C=O) groups excluding carboxylic acids is 2. The highest BCUT2D eigenvalue weighted by Gasteiger charge is 2.40. The Bertz CT molecular complexity index is 663. The molecule has 134 valence electrons. The minimum absolute atomic E-state index is 0.0289. The fourth-order valence-corrected chi connectivity index (χ4v) is 3.32. The molecule has 3 rings (SSSR count). The average molecular weight is 343 g/mol. The number of hydrogen-bond acceptors (Lipinski definition) is 3. The van der Waals surface area contributed by atoms with Crippen LogP contribution >= 0.6 is 0 Å². The van der Waals surface area contributed by atoms with E-state index < -0.39 is 12.0 Å². The van der Waals surface area contributed by atoms with Crippen molar-refractivity contribution in [1.82, 2.24) is 15.5 Å². The Morgan fingerprint density at radius 1 is 1.24 bits per heavy atom. The van der Waals surface area contributed by atoms with Crippen molar-refractivity contribution in [1.29, 1.82) is 0 Å². The molecule has 1 aromatic rings. The van der Waals surface area contributed by atoms with Gasteiger partial charge in [-0.2, -0.15) is 0 Å². The van der Waals surface area contributed by atoms with Crippen LogP contribution in [0.4, 0.5) is 4.79 Å². The lowest BCUT2D eigenvalue weighted by atomic mass is 9.87. The van der Waals surface area contributed by atoms with E-state index in [-0.39, 0.29) is 11.9 Å². The van der Waals surface area contributed by atoms with Crippen LogP contribution in [0.1, 0.15) is 36.9 Å². The van der Waals surface area contributed by atoms with Crippen LogP contribution in [0.5, 0.6) is 0 Å². The summed E-state index contributed by atoms with van der Waals surface area (Å²) in [4.78, 5) is 26.8. The van der Waals surface area contributed by atoms with Gasteiger partial charge in [-0.1, -0.05) is 44.7 Å². The molecule has 0 aliphatic carbocycles. The van der Waals surface area contributed by atoms with Crippen LogP contribution in [-0.2, 0) is 9.53 Å². The number of nitrogens with zero attached hydrogens (tertiary/aromatic N) is 1. The van der Waals surface area contributed by atoms with Crippen LogP contribution < -0.4 is 10.6 Å². The maximum absolute atomic E-state index is 13.0. The predicted octanol–water partition coefficient (Wildman–Crippen LogP) is 2.15. The minimum atomic E-state index is -0.527. The van der Waals surface area contributed by atoms with Crippen molar-refractivity contribution in [2.45, 2.75) is 25.8 Å². The van der Waals surface area contributed by atoms with Crippen molar-refractivity contribution >= 4 is 11.9 Å². The number of morpholine rings is 1. The zero-order valence-electron chi connectivity index (χ0n) is 14.7. The number of hydrogen-bond donors (Lipinski definition) is 2. The predicted molar refractivity (Wildman–Crippen MR) is 95.0 cm³/mol. The second kappa shape index (κ2) is 7.27. The summed E-state index contributed by atoms with van der Waals surface area (Å²) in [6.07, 6.45) is 0. The topological polar surface area (TPSA) is 70.7 Å². The SMILES string of the molecule is C=C1NC(=O)N[C@H](c2ccc(C(C)C)cc2)[C@H]1C(=O)N1CCOCC1. The van der Waals surface area contributed by atoms with Gasteiger partial charge in [0.2, 0.25) is 5.91 Å². The molecule has 1 aromatic carbocycles. The number of amides is 3. The Balaban J connectivity index is 1.88. The van der Waals surface area contributed by atoms with E-state index in [1.165, 1.54) is 5.56 Å². The molecule has 2 atom stereocenters. The first-order valence-corrected chi connectivity index (χ1v) is 8.70. The van der Waals surface area contributed by atoms with E-state index in [1.54, 1.807) is 4.90 Å². The highest BCUT2D eigenvalue weighted by molar-refractivity contribution is 5.88. The molecule has 6 heteroatoms. The average Bonchev–Trinajstić information content (AvgIpc) is 2.61. The second-order valence-corrected chi connectivity index (χ2v) is 6.84. The van der Waals surface area contributed by atoms with E-state index in [4.69, 9.17) is 4.74 Å². The van der Waals surface area contributed by atoms with Crippen molar-refractivity contribution in [3.05, 3.63) is 47.7 Å². The lowest BCUT2D eigenvalue weighted by Gasteiger charge is -2.38. The number of benzene rings is 1. The van der Waals surface area contributed by atoms with E-state index in [0.717, 1.165) is 5.56 Å². The quantitative estimate of drug-likeness (QED) is 0.883. The number of carbonyl (C=O) groups is 2. The van der Waals surface area contributed by atoms with Gasteiger partial charge in [-0.3, -0.25) is 4.79 Å². The zero-order chi connectivity index (χ0) is 18.0. The molecule has 0 spiro atoms. The largest absolute Gasteiger partial charge is 0.378 e. The molecular weight excluding hydrogens is 318 g/mol. The van der Waals surface area contributed by atoms with Gasteiger partial charge in [0, 0.05) is 18.8 Å². The molecule has 2 N–H and O–H groups in total. The molecule has 0 radical (unpaired) electrons. The maximum atomic E-state index is 13.0. The first kappa shape index (κ1) is 17.5. The van der Waals surface area contributed by atoms with Gasteiger partial charge in [-0.25, -0.2) is 4.79 Å². The summed E-state index contributed by atoms with van der Waals surface area (Å²) in [5.41, 5.74) is 2.57. The van der Waals surface area contributed by atoms with Crippen molar-refractivity contribution in [2.24, 2.45) is 5.92 Å².